The number of carbonyl (C=O) groups is 4. The Morgan fingerprint density at radius 3 is 1.42 bits per heavy atom. The molecule has 0 aromatic carbocycles. The summed E-state index contributed by atoms with van der Waals surface area (Å²) in [6.45, 7) is 34.7. The topological polar surface area (TPSA) is 172 Å². The average molecular weight is 850 g/mol. The minimum atomic E-state index is -0.888. The van der Waals surface area contributed by atoms with Gasteiger partial charge in [0.1, 0.15) is 17.2 Å². The molecule has 1 amide bonds. The fraction of sp³-hybridized carbons (Fsp3) is 0.667. The molecular formula is C42H75Cl2N5O8. The SMILES string of the molecule is CC(C)(C)OC[C@H](N)C(=O)OC(C)(C)C.CC(C)(C)OC[C@H](NC(=O)c1cccnc1)C(=O)OC(C)(C)C.CCN(CC)CC.Cl.O=C(Cl)c1cccnc1.[2H]CC. The molecular weight excluding hydrogens is 773 g/mol. The molecule has 0 radical (unpaired) electrons. The van der Waals surface area contributed by atoms with E-state index in [2.05, 4.69) is 41.0 Å². The Hall–Kier alpha value is -3.20. The van der Waals surface area contributed by atoms with E-state index < -0.39 is 52.0 Å². The van der Waals surface area contributed by atoms with Crippen molar-refractivity contribution in [2.24, 2.45) is 5.73 Å². The van der Waals surface area contributed by atoms with Crippen LogP contribution >= 0.6 is 24.0 Å². The van der Waals surface area contributed by atoms with Gasteiger partial charge in [-0.3, -0.25) is 24.4 Å². The van der Waals surface area contributed by atoms with Crippen LogP contribution in [0, 0.1) is 0 Å². The van der Waals surface area contributed by atoms with Gasteiger partial charge in [0.25, 0.3) is 11.1 Å². The summed E-state index contributed by atoms with van der Waals surface area (Å²) in [6, 6.07) is 4.95. The molecule has 0 aliphatic heterocycles. The Balaban J connectivity index is -0.000000357. The number of nitrogens with zero attached hydrogens (tertiary/aromatic N) is 3. The number of pyridine rings is 2. The smallest absolute Gasteiger partial charge is 0.331 e. The third-order valence-corrected chi connectivity index (χ3v) is 6.46. The highest BCUT2D eigenvalue weighted by atomic mass is 35.5. The number of carbonyl (C=O) groups excluding carboxylic acids is 4. The zero-order chi connectivity index (χ0) is 45.0. The summed E-state index contributed by atoms with van der Waals surface area (Å²) in [5.41, 5.74) is 4.56. The Morgan fingerprint density at radius 2 is 1.12 bits per heavy atom. The molecule has 3 N–H and O–H groups in total. The lowest BCUT2D eigenvalue weighted by molar-refractivity contribution is -0.161. The van der Waals surface area contributed by atoms with Crippen LogP contribution in [0.4, 0.5) is 0 Å². The molecule has 2 heterocycles. The number of nitrogens with one attached hydrogen (secondary N) is 1. The van der Waals surface area contributed by atoms with Crippen LogP contribution in [0.5, 0.6) is 0 Å². The second-order valence-electron chi connectivity index (χ2n) is 15.9. The molecule has 2 atom stereocenters. The molecule has 0 saturated carbocycles. The van der Waals surface area contributed by atoms with Gasteiger partial charge in [0, 0.05) is 26.2 Å². The van der Waals surface area contributed by atoms with Gasteiger partial charge in [-0.25, -0.2) is 4.79 Å². The molecule has 0 aliphatic rings. The van der Waals surface area contributed by atoms with Crippen molar-refractivity contribution >= 4 is 47.1 Å². The van der Waals surface area contributed by atoms with E-state index in [1.165, 1.54) is 32.0 Å². The van der Waals surface area contributed by atoms with E-state index in [1.807, 2.05) is 62.3 Å². The fourth-order valence-electron chi connectivity index (χ4n) is 3.55. The summed E-state index contributed by atoms with van der Waals surface area (Å²) >= 11 is 5.12. The highest BCUT2D eigenvalue weighted by Gasteiger charge is 2.29. The largest absolute Gasteiger partial charge is 0.459 e. The fourth-order valence-corrected chi connectivity index (χ4v) is 3.66. The number of hydrogen-bond acceptors (Lipinski definition) is 12. The Labute approximate surface area is 356 Å². The number of hydrogen-bond donors (Lipinski definition) is 2. The molecule has 2 aromatic rings. The van der Waals surface area contributed by atoms with Gasteiger partial charge >= 0.3 is 11.9 Å². The first kappa shape index (κ1) is 58.1. The van der Waals surface area contributed by atoms with Gasteiger partial charge in [0.05, 0.1) is 35.5 Å². The predicted molar refractivity (Wildman–Crippen MR) is 233 cm³/mol. The van der Waals surface area contributed by atoms with Gasteiger partial charge in [-0.2, -0.15) is 0 Å². The number of ether oxygens (including phenoxy) is 4. The highest BCUT2D eigenvalue weighted by molar-refractivity contribution is 6.67. The highest BCUT2D eigenvalue weighted by Crippen LogP contribution is 2.13. The number of amides is 1. The van der Waals surface area contributed by atoms with Crippen molar-refractivity contribution in [1.29, 1.82) is 0 Å². The second kappa shape index (κ2) is 30.8. The zero-order valence-corrected chi connectivity index (χ0v) is 39.1. The Morgan fingerprint density at radius 1 is 0.737 bits per heavy atom. The van der Waals surface area contributed by atoms with E-state index in [9.17, 15) is 19.2 Å². The molecule has 0 bridgehead atoms. The molecule has 2 aromatic heterocycles. The maximum atomic E-state index is 12.3. The number of aromatic nitrogens is 2. The quantitative estimate of drug-likeness (QED) is 0.156. The van der Waals surface area contributed by atoms with Gasteiger partial charge in [0.2, 0.25) is 0 Å². The van der Waals surface area contributed by atoms with E-state index in [1.54, 1.807) is 64.4 Å². The van der Waals surface area contributed by atoms with E-state index in [0.717, 1.165) is 0 Å². The first-order valence-corrected chi connectivity index (χ1v) is 19.2. The average Bonchev–Trinajstić information content (AvgIpc) is 3.09. The number of halogens is 2. The van der Waals surface area contributed by atoms with Crippen LogP contribution in [0.2, 0.25) is 0 Å². The number of nitrogens with two attached hydrogens (primary N) is 1. The molecule has 0 aliphatic carbocycles. The Kier molecular flexibility index (Phi) is 31.4. The molecule has 330 valence electrons. The number of esters is 2. The Bertz CT molecular complexity index is 1370. The second-order valence-corrected chi connectivity index (χ2v) is 16.3. The number of rotatable bonds is 12. The van der Waals surface area contributed by atoms with Crippen molar-refractivity contribution in [2.45, 2.75) is 152 Å². The predicted octanol–water partition coefficient (Wildman–Crippen LogP) is 8.06. The van der Waals surface area contributed by atoms with Gasteiger partial charge in [0.15, 0.2) is 6.04 Å². The molecule has 15 heteroatoms. The maximum absolute atomic E-state index is 12.3. The van der Waals surface area contributed by atoms with Crippen molar-refractivity contribution in [2.75, 3.05) is 32.8 Å². The summed E-state index contributed by atoms with van der Waals surface area (Å²) in [5, 5.41) is 2.18. The summed E-state index contributed by atoms with van der Waals surface area (Å²) in [7, 11) is 0. The first-order valence-electron chi connectivity index (χ1n) is 19.6. The third-order valence-electron chi connectivity index (χ3n) is 6.24. The lowest BCUT2D eigenvalue weighted by atomic mass is 10.1. The molecule has 57 heavy (non-hydrogen) atoms. The van der Waals surface area contributed by atoms with E-state index in [4.69, 9.17) is 37.7 Å². The molecule has 0 fully saturated rings. The van der Waals surface area contributed by atoms with Crippen molar-refractivity contribution in [3.63, 3.8) is 0 Å². The first-order chi connectivity index (χ1) is 26.1. The van der Waals surface area contributed by atoms with Crippen molar-refractivity contribution in [1.82, 2.24) is 20.2 Å². The minimum Gasteiger partial charge on any atom is -0.459 e. The molecule has 13 nitrogen and oxygen atoms in total. The molecule has 2 rings (SSSR count). The molecule has 0 unspecified atom stereocenters. The van der Waals surface area contributed by atoms with Crippen LogP contribution in [0.1, 0.15) is 140 Å². The van der Waals surface area contributed by atoms with Crippen molar-refractivity contribution < 1.29 is 39.5 Å². The lowest BCUT2D eigenvalue weighted by Crippen LogP contribution is -2.48. The van der Waals surface area contributed by atoms with E-state index in [-0.39, 0.29) is 31.2 Å². The lowest BCUT2D eigenvalue weighted by Gasteiger charge is -2.27. The molecule has 0 saturated heterocycles. The van der Waals surface area contributed by atoms with Gasteiger partial charge in [-0.05, 0) is 139 Å². The van der Waals surface area contributed by atoms with Crippen LogP contribution in [-0.2, 0) is 28.5 Å². The maximum Gasteiger partial charge on any atom is 0.331 e. The summed E-state index contributed by atoms with van der Waals surface area (Å²) in [4.78, 5) is 56.3. The molecule has 0 spiro atoms. The summed E-state index contributed by atoms with van der Waals surface area (Å²) in [6.07, 6.45) is 6.02. The monoisotopic (exact) mass is 849 g/mol. The summed E-state index contributed by atoms with van der Waals surface area (Å²) in [5.74, 6) is -1.35. The van der Waals surface area contributed by atoms with Gasteiger partial charge in [-0.15, -0.1) is 12.4 Å². The standard InChI is InChI=1S/C17H26N2O4.C11H23NO3.C6H4ClNO.C6H15N.C2H6.ClH/c1-16(2,3)22-11-13(15(21)23-17(4,5)6)19-14(20)12-8-7-9-18-10-12;1-10(2,3)14-7-8(12)9(13)15-11(4,5)6;7-6(9)5-2-1-3-8-4-5;1-4-7(5-2)6-3;1-2;/h7-10,13H,11H2,1-6H3,(H,19,20);8H,7,12H2,1-6H3;1-4H;4-6H2,1-3H3;1-2H3;1H/t13-;8-;;;;/m00..../s1/i;;;;1D;. The minimum absolute atomic E-state index is 0. The van der Waals surface area contributed by atoms with Crippen LogP contribution in [0.3, 0.4) is 0 Å². The van der Waals surface area contributed by atoms with E-state index >= 15 is 0 Å². The van der Waals surface area contributed by atoms with Crippen molar-refractivity contribution in [3.05, 3.63) is 60.2 Å². The van der Waals surface area contributed by atoms with Gasteiger partial charge < -0.3 is 34.9 Å². The summed E-state index contributed by atoms with van der Waals surface area (Å²) < 4.78 is 27.7. The van der Waals surface area contributed by atoms with E-state index in [0.29, 0.717) is 18.0 Å². The van der Waals surface area contributed by atoms with Gasteiger partial charge in [-0.1, -0.05) is 34.6 Å². The van der Waals surface area contributed by atoms with Crippen LogP contribution in [-0.4, -0.2) is 105 Å². The van der Waals surface area contributed by atoms with Crippen LogP contribution < -0.4 is 11.1 Å². The normalized spacial score (nSPS) is 12.3. The third kappa shape index (κ3) is 36.9. The van der Waals surface area contributed by atoms with Crippen LogP contribution in [0.25, 0.3) is 0 Å². The van der Waals surface area contributed by atoms with Crippen molar-refractivity contribution in [3.8, 4) is 0 Å². The van der Waals surface area contributed by atoms with Crippen LogP contribution in [0.15, 0.2) is 49.1 Å². The zero-order valence-electron chi connectivity index (χ0n) is 38.5.